The van der Waals surface area contributed by atoms with Crippen LogP contribution in [-0.4, -0.2) is 48.8 Å². The number of esters is 2. The van der Waals surface area contributed by atoms with E-state index in [0.717, 1.165) is 5.52 Å². The predicted octanol–water partition coefficient (Wildman–Crippen LogP) is 0.908. The van der Waals surface area contributed by atoms with Gasteiger partial charge in [-0.25, -0.2) is 14.6 Å². The van der Waals surface area contributed by atoms with Crippen LogP contribution in [0, 0.1) is 0 Å². The largest absolute Gasteiger partial charge is 0.466 e. The lowest BCUT2D eigenvalue weighted by atomic mass is 10.2. The molecule has 1 atom stereocenters. The van der Waals surface area contributed by atoms with Gasteiger partial charge in [-0.1, -0.05) is 0 Å². The summed E-state index contributed by atoms with van der Waals surface area (Å²) >= 11 is 0. The molecule has 106 valence electrons. The summed E-state index contributed by atoms with van der Waals surface area (Å²) in [6, 6.07) is 4.87. The molecule has 20 heavy (non-hydrogen) atoms. The van der Waals surface area contributed by atoms with Crippen LogP contribution >= 0.6 is 0 Å². The third-order valence-electron chi connectivity index (χ3n) is 2.69. The number of carbonyl (C=O) groups is 2. The van der Waals surface area contributed by atoms with E-state index in [1.54, 1.807) is 18.2 Å². The Morgan fingerprint density at radius 2 is 2.15 bits per heavy atom. The molecule has 0 saturated carbocycles. The molecule has 0 amide bonds. The van der Waals surface area contributed by atoms with Crippen LogP contribution in [0.5, 0.6) is 0 Å². The molecular formula is C13H14N2O5. The van der Waals surface area contributed by atoms with E-state index < -0.39 is 18.0 Å². The fourth-order valence-corrected chi connectivity index (χ4v) is 1.69. The fraction of sp³-hybridized carbons (Fsp3) is 0.308. The molecule has 2 aromatic rings. The van der Waals surface area contributed by atoms with Gasteiger partial charge in [-0.05, 0) is 18.2 Å². The Balaban J connectivity index is 2.14. The van der Waals surface area contributed by atoms with Gasteiger partial charge in [-0.15, -0.1) is 0 Å². The van der Waals surface area contributed by atoms with Crippen LogP contribution in [0.3, 0.4) is 0 Å². The lowest BCUT2D eigenvalue weighted by Crippen LogP contribution is -2.32. The first-order valence-corrected chi connectivity index (χ1v) is 5.86. The highest BCUT2D eigenvalue weighted by Gasteiger charge is 2.24. The van der Waals surface area contributed by atoms with E-state index in [1.165, 1.54) is 20.5 Å². The zero-order valence-electron chi connectivity index (χ0n) is 11.1. The number of rotatable bonds is 5. The van der Waals surface area contributed by atoms with Crippen molar-refractivity contribution < 1.29 is 23.8 Å². The number of carbonyl (C=O) groups excluding carboxylic acids is 2. The number of hydrogen-bond donors (Lipinski definition) is 1. The normalized spacial score (nSPS) is 12.1. The van der Waals surface area contributed by atoms with Crippen LogP contribution in [0.2, 0.25) is 0 Å². The van der Waals surface area contributed by atoms with Crippen molar-refractivity contribution in [1.82, 2.24) is 9.97 Å². The topological polar surface area (TPSA) is 90.5 Å². The van der Waals surface area contributed by atoms with E-state index in [0.29, 0.717) is 11.1 Å². The number of fused-ring (bicyclic) bond motifs is 1. The molecule has 1 unspecified atom stereocenters. The molecule has 2 rings (SSSR count). The molecule has 1 aromatic carbocycles. The van der Waals surface area contributed by atoms with Gasteiger partial charge < -0.3 is 19.2 Å². The second kappa shape index (κ2) is 6.16. The lowest BCUT2D eigenvalue weighted by molar-refractivity contribution is -0.153. The van der Waals surface area contributed by atoms with Gasteiger partial charge in [0, 0.05) is 7.11 Å². The number of hydrogen-bond acceptors (Lipinski definition) is 6. The standard InChI is InChI=1S/C13H14N2O5/c1-18-6-11(13(17)19-2)20-12(16)8-3-4-9-10(5-8)15-7-14-9/h3-5,7,11H,6H2,1-2H3,(H,14,15). The summed E-state index contributed by atoms with van der Waals surface area (Å²) in [5.41, 5.74) is 1.76. The molecule has 0 aliphatic heterocycles. The molecule has 0 saturated heterocycles. The molecule has 0 fully saturated rings. The zero-order chi connectivity index (χ0) is 14.5. The van der Waals surface area contributed by atoms with Crippen LogP contribution < -0.4 is 0 Å². The number of aromatic amines is 1. The number of H-pyrrole nitrogens is 1. The van der Waals surface area contributed by atoms with Crippen LogP contribution in [0.15, 0.2) is 24.5 Å². The third-order valence-corrected chi connectivity index (χ3v) is 2.69. The van der Waals surface area contributed by atoms with E-state index in [2.05, 4.69) is 14.7 Å². The van der Waals surface area contributed by atoms with Gasteiger partial charge in [0.05, 0.1) is 36.6 Å². The average molecular weight is 278 g/mol. The number of ether oxygens (including phenoxy) is 3. The Morgan fingerprint density at radius 3 is 2.85 bits per heavy atom. The van der Waals surface area contributed by atoms with Crippen molar-refractivity contribution in [3.05, 3.63) is 30.1 Å². The zero-order valence-corrected chi connectivity index (χ0v) is 11.1. The predicted molar refractivity (Wildman–Crippen MR) is 69.2 cm³/mol. The summed E-state index contributed by atoms with van der Waals surface area (Å²) in [6.07, 6.45) is 0.442. The van der Waals surface area contributed by atoms with Gasteiger partial charge in [0.25, 0.3) is 0 Å². The quantitative estimate of drug-likeness (QED) is 0.817. The van der Waals surface area contributed by atoms with Crippen LogP contribution in [0.4, 0.5) is 0 Å². The second-order valence-electron chi connectivity index (χ2n) is 4.01. The van der Waals surface area contributed by atoms with Crippen molar-refractivity contribution in [3.8, 4) is 0 Å². The third kappa shape index (κ3) is 2.94. The summed E-state index contributed by atoms with van der Waals surface area (Å²) in [5, 5.41) is 0. The SMILES string of the molecule is COCC(OC(=O)c1ccc2nc[nH]c2c1)C(=O)OC. The van der Waals surface area contributed by atoms with Crippen molar-refractivity contribution in [3.63, 3.8) is 0 Å². The highest BCUT2D eigenvalue weighted by molar-refractivity contribution is 5.94. The number of nitrogens with one attached hydrogen (secondary N) is 1. The first kappa shape index (κ1) is 14.0. The van der Waals surface area contributed by atoms with Gasteiger partial charge in [-0.3, -0.25) is 0 Å². The second-order valence-corrected chi connectivity index (χ2v) is 4.01. The number of imidazole rings is 1. The van der Waals surface area contributed by atoms with E-state index in [4.69, 9.17) is 9.47 Å². The van der Waals surface area contributed by atoms with Gasteiger partial charge >= 0.3 is 11.9 Å². The molecule has 7 heteroatoms. The van der Waals surface area contributed by atoms with Crippen LogP contribution in [0.25, 0.3) is 11.0 Å². The number of methoxy groups -OCH3 is 2. The van der Waals surface area contributed by atoms with E-state index >= 15 is 0 Å². The monoisotopic (exact) mass is 278 g/mol. The van der Waals surface area contributed by atoms with Gasteiger partial charge in [0.1, 0.15) is 0 Å². The van der Waals surface area contributed by atoms with E-state index in [9.17, 15) is 9.59 Å². The molecule has 0 spiro atoms. The Bertz CT molecular complexity index is 622. The molecule has 0 aliphatic rings. The average Bonchev–Trinajstić information content (AvgIpc) is 2.93. The molecule has 0 radical (unpaired) electrons. The van der Waals surface area contributed by atoms with Gasteiger partial charge in [0.15, 0.2) is 0 Å². The molecule has 1 aromatic heterocycles. The number of nitrogens with zero attached hydrogens (tertiary/aromatic N) is 1. The first-order valence-electron chi connectivity index (χ1n) is 5.86. The Kier molecular flexibility index (Phi) is 4.31. The Labute approximate surface area is 114 Å². The maximum atomic E-state index is 12.0. The summed E-state index contributed by atoms with van der Waals surface area (Å²) < 4.78 is 14.5. The van der Waals surface area contributed by atoms with Crippen molar-refractivity contribution in [2.45, 2.75) is 6.10 Å². The van der Waals surface area contributed by atoms with Crippen molar-refractivity contribution in [1.29, 1.82) is 0 Å². The minimum Gasteiger partial charge on any atom is -0.466 e. The number of aromatic nitrogens is 2. The number of benzene rings is 1. The van der Waals surface area contributed by atoms with Crippen molar-refractivity contribution >= 4 is 23.0 Å². The van der Waals surface area contributed by atoms with Gasteiger partial charge in [0.2, 0.25) is 6.10 Å². The maximum Gasteiger partial charge on any atom is 0.349 e. The minimum atomic E-state index is -1.09. The minimum absolute atomic E-state index is 0.0648. The highest BCUT2D eigenvalue weighted by atomic mass is 16.6. The Morgan fingerprint density at radius 1 is 1.35 bits per heavy atom. The van der Waals surface area contributed by atoms with E-state index in [-0.39, 0.29) is 6.61 Å². The molecule has 0 bridgehead atoms. The molecule has 7 nitrogen and oxygen atoms in total. The first-order chi connectivity index (χ1) is 9.65. The molecule has 0 aliphatic carbocycles. The molecular weight excluding hydrogens is 264 g/mol. The summed E-state index contributed by atoms with van der Waals surface area (Å²) in [4.78, 5) is 30.4. The molecule has 1 N–H and O–H groups in total. The summed E-state index contributed by atoms with van der Waals surface area (Å²) in [7, 11) is 2.62. The Hall–Kier alpha value is -2.41. The van der Waals surface area contributed by atoms with E-state index in [1.807, 2.05) is 0 Å². The lowest BCUT2D eigenvalue weighted by Gasteiger charge is -2.14. The highest BCUT2D eigenvalue weighted by Crippen LogP contribution is 2.13. The van der Waals surface area contributed by atoms with Crippen LogP contribution in [0.1, 0.15) is 10.4 Å². The van der Waals surface area contributed by atoms with Gasteiger partial charge in [-0.2, -0.15) is 0 Å². The fourth-order valence-electron chi connectivity index (χ4n) is 1.69. The summed E-state index contributed by atoms with van der Waals surface area (Å²) in [5.74, 6) is -1.29. The molecule has 1 heterocycles. The maximum absolute atomic E-state index is 12.0. The summed E-state index contributed by atoms with van der Waals surface area (Å²) in [6.45, 7) is -0.0648. The van der Waals surface area contributed by atoms with Crippen molar-refractivity contribution in [2.75, 3.05) is 20.8 Å². The van der Waals surface area contributed by atoms with Crippen molar-refractivity contribution in [2.24, 2.45) is 0 Å². The smallest absolute Gasteiger partial charge is 0.349 e. The van der Waals surface area contributed by atoms with Crippen LogP contribution in [-0.2, 0) is 19.0 Å².